The van der Waals surface area contributed by atoms with Crippen molar-refractivity contribution >= 4 is 46.1 Å². The van der Waals surface area contributed by atoms with Crippen molar-refractivity contribution in [1.82, 2.24) is 15.2 Å². The van der Waals surface area contributed by atoms with Gasteiger partial charge in [-0.3, -0.25) is 14.4 Å². The summed E-state index contributed by atoms with van der Waals surface area (Å²) in [5.41, 5.74) is 1.62. The van der Waals surface area contributed by atoms with Crippen LogP contribution in [-0.4, -0.2) is 60.3 Å². The first-order valence-corrected chi connectivity index (χ1v) is 14.4. The number of aromatic nitrogens is 1. The SMILES string of the molecule is Cc1nc(C(F)(F)F)c(C(=O)Nc2cc(C(=O)NCCCN3CCCC3=O)ccc2NCCNc2ccccc2C)s1. The van der Waals surface area contributed by atoms with Crippen LogP contribution in [0.5, 0.6) is 0 Å². The van der Waals surface area contributed by atoms with Crippen LogP contribution in [0.2, 0.25) is 0 Å². The van der Waals surface area contributed by atoms with Crippen LogP contribution < -0.4 is 21.3 Å². The molecule has 1 saturated heterocycles. The molecule has 0 radical (unpaired) electrons. The van der Waals surface area contributed by atoms with Crippen LogP contribution in [0, 0.1) is 13.8 Å². The number of carbonyl (C=O) groups is 3. The lowest BCUT2D eigenvalue weighted by Gasteiger charge is -2.17. The zero-order valence-corrected chi connectivity index (χ0v) is 24.2. The van der Waals surface area contributed by atoms with E-state index >= 15 is 0 Å². The van der Waals surface area contributed by atoms with Gasteiger partial charge < -0.3 is 26.2 Å². The van der Waals surface area contributed by atoms with Gasteiger partial charge in [0.1, 0.15) is 4.88 Å². The lowest BCUT2D eigenvalue weighted by molar-refractivity contribution is -0.141. The van der Waals surface area contributed by atoms with Crippen LogP contribution in [-0.2, 0) is 11.0 Å². The Labute approximate surface area is 245 Å². The van der Waals surface area contributed by atoms with Crippen molar-refractivity contribution in [3.63, 3.8) is 0 Å². The molecule has 0 unspecified atom stereocenters. The van der Waals surface area contributed by atoms with Gasteiger partial charge in [0.15, 0.2) is 5.69 Å². The Bertz CT molecular complexity index is 1440. The normalized spacial score (nSPS) is 13.3. The highest BCUT2D eigenvalue weighted by Crippen LogP contribution is 2.35. The number of nitrogens with one attached hydrogen (secondary N) is 4. The molecule has 0 aliphatic carbocycles. The summed E-state index contributed by atoms with van der Waals surface area (Å²) in [6.07, 6.45) is -2.82. The summed E-state index contributed by atoms with van der Waals surface area (Å²) in [5.74, 6) is -1.26. The highest BCUT2D eigenvalue weighted by molar-refractivity contribution is 7.13. The second kappa shape index (κ2) is 13.7. The van der Waals surface area contributed by atoms with Crippen molar-refractivity contribution in [3.05, 3.63) is 69.2 Å². The van der Waals surface area contributed by atoms with Gasteiger partial charge >= 0.3 is 6.18 Å². The number of carbonyl (C=O) groups excluding carboxylic acids is 3. The lowest BCUT2D eigenvalue weighted by atomic mass is 10.1. The molecule has 0 saturated carbocycles. The number of likely N-dealkylation sites (tertiary alicyclic amines) is 1. The van der Waals surface area contributed by atoms with Crippen molar-refractivity contribution in [2.45, 2.75) is 39.3 Å². The van der Waals surface area contributed by atoms with Crippen molar-refractivity contribution in [1.29, 1.82) is 0 Å². The van der Waals surface area contributed by atoms with E-state index < -0.39 is 28.6 Å². The smallest absolute Gasteiger partial charge is 0.383 e. The summed E-state index contributed by atoms with van der Waals surface area (Å²) < 4.78 is 40.6. The van der Waals surface area contributed by atoms with Crippen molar-refractivity contribution < 1.29 is 27.6 Å². The predicted molar refractivity (Wildman–Crippen MR) is 157 cm³/mol. The molecule has 2 aromatic carbocycles. The highest BCUT2D eigenvalue weighted by Gasteiger charge is 2.39. The Hall–Kier alpha value is -4.13. The molecule has 13 heteroatoms. The Kier molecular flexibility index (Phi) is 10.0. The van der Waals surface area contributed by atoms with Gasteiger partial charge in [-0.25, -0.2) is 4.98 Å². The van der Waals surface area contributed by atoms with E-state index in [9.17, 15) is 27.6 Å². The molecule has 2 heterocycles. The maximum atomic E-state index is 13.5. The summed E-state index contributed by atoms with van der Waals surface area (Å²) in [7, 11) is 0. The third-order valence-electron chi connectivity index (χ3n) is 6.70. The van der Waals surface area contributed by atoms with Gasteiger partial charge in [-0.15, -0.1) is 11.3 Å². The molecule has 0 spiro atoms. The first-order valence-electron chi connectivity index (χ1n) is 13.6. The van der Waals surface area contributed by atoms with E-state index in [2.05, 4.69) is 26.3 Å². The second-order valence-corrected chi connectivity index (χ2v) is 11.1. The molecule has 1 fully saturated rings. The summed E-state index contributed by atoms with van der Waals surface area (Å²) in [6.45, 7) is 5.93. The van der Waals surface area contributed by atoms with Crippen LogP contribution in [0.3, 0.4) is 0 Å². The number of para-hydroxylation sites is 1. The summed E-state index contributed by atoms with van der Waals surface area (Å²) >= 11 is 0.649. The third kappa shape index (κ3) is 7.99. The second-order valence-electron chi connectivity index (χ2n) is 9.89. The molecule has 4 rings (SSSR count). The van der Waals surface area contributed by atoms with Gasteiger partial charge in [0.25, 0.3) is 11.8 Å². The van der Waals surface area contributed by atoms with Gasteiger partial charge in [0, 0.05) is 50.4 Å². The molecule has 1 aliphatic heterocycles. The maximum absolute atomic E-state index is 13.5. The number of rotatable bonds is 12. The molecular weight excluding hydrogens is 569 g/mol. The number of thiazole rings is 1. The minimum Gasteiger partial charge on any atom is -0.383 e. The zero-order chi connectivity index (χ0) is 30.3. The number of alkyl halides is 3. The van der Waals surface area contributed by atoms with Gasteiger partial charge in [0.05, 0.1) is 16.4 Å². The van der Waals surface area contributed by atoms with Crippen molar-refractivity contribution in [3.8, 4) is 0 Å². The zero-order valence-electron chi connectivity index (χ0n) is 23.4. The Morgan fingerprint density at radius 1 is 0.976 bits per heavy atom. The summed E-state index contributed by atoms with van der Waals surface area (Å²) in [4.78, 5) is 42.4. The van der Waals surface area contributed by atoms with E-state index in [1.54, 1.807) is 17.0 Å². The van der Waals surface area contributed by atoms with Gasteiger partial charge in [0.2, 0.25) is 5.91 Å². The molecule has 0 bridgehead atoms. The number of benzene rings is 2. The monoisotopic (exact) mass is 602 g/mol. The van der Waals surface area contributed by atoms with Gasteiger partial charge in [-0.05, 0) is 56.5 Å². The first kappa shape index (κ1) is 30.8. The van der Waals surface area contributed by atoms with Crippen LogP contribution in [0.4, 0.5) is 30.2 Å². The molecule has 9 nitrogen and oxygen atoms in total. The van der Waals surface area contributed by atoms with E-state index in [0.717, 1.165) is 24.2 Å². The predicted octanol–water partition coefficient (Wildman–Crippen LogP) is 5.30. The number of aryl methyl sites for hydroxylation is 2. The molecular formula is C29H33F3N6O3S. The Morgan fingerprint density at radius 2 is 1.71 bits per heavy atom. The number of amides is 3. The quantitative estimate of drug-likeness (QED) is 0.209. The van der Waals surface area contributed by atoms with Crippen LogP contribution in [0.15, 0.2) is 42.5 Å². The van der Waals surface area contributed by atoms with Gasteiger partial charge in [-0.1, -0.05) is 18.2 Å². The fourth-order valence-electron chi connectivity index (χ4n) is 4.58. The Morgan fingerprint density at radius 3 is 2.40 bits per heavy atom. The number of nitrogens with zero attached hydrogens (tertiary/aromatic N) is 2. The van der Waals surface area contributed by atoms with E-state index in [1.165, 1.54) is 13.0 Å². The number of anilines is 3. The average Bonchev–Trinajstić information content (AvgIpc) is 3.55. The van der Waals surface area contributed by atoms with Crippen LogP contribution in [0.1, 0.15) is 55.6 Å². The molecule has 1 aliphatic rings. The number of halogens is 3. The highest BCUT2D eigenvalue weighted by atomic mass is 32.1. The van der Waals surface area contributed by atoms with Crippen molar-refractivity contribution in [2.75, 3.05) is 48.7 Å². The largest absolute Gasteiger partial charge is 0.435 e. The van der Waals surface area contributed by atoms with E-state index in [1.807, 2.05) is 31.2 Å². The van der Waals surface area contributed by atoms with Crippen LogP contribution >= 0.6 is 11.3 Å². The molecule has 4 N–H and O–H groups in total. The van der Waals surface area contributed by atoms with E-state index in [4.69, 9.17) is 0 Å². The number of hydrogen-bond donors (Lipinski definition) is 4. The minimum absolute atomic E-state index is 0.108. The van der Waals surface area contributed by atoms with E-state index in [0.29, 0.717) is 56.0 Å². The maximum Gasteiger partial charge on any atom is 0.435 e. The average molecular weight is 603 g/mol. The number of hydrogen-bond acceptors (Lipinski definition) is 7. The molecule has 42 heavy (non-hydrogen) atoms. The van der Waals surface area contributed by atoms with Crippen LogP contribution in [0.25, 0.3) is 0 Å². The molecule has 224 valence electrons. The lowest BCUT2D eigenvalue weighted by Crippen LogP contribution is -2.30. The third-order valence-corrected chi connectivity index (χ3v) is 7.67. The molecule has 3 amide bonds. The topological polar surface area (TPSA) is 115 Å². The van der Waals surface area contributed by atoms with E-state index in [-0.39, 0.29) is 22.2 Å². The fourth-order valence-corrected chi connectivity index (χ4v) is 5.41. The molecule has 0 atom stereocenters. The molecule has 3 aromatic rings. The Balaban J connectivity index is 1.46. The fraction of sp³-hybridized carbons (Fsp3) is 0.379. The minimum atomic E-state index is -4.79. The first-order chi connectivity index (χ1) is 20.0. The van der Waals surface area contributed by atoms with Gasteiger partial charge in [-0.2, -0.15) is 13.2 Å². The van der Waals surface area contributed by atoms with Crippen molar-refractivity contribution in [2.24, 2.45) is 0 Å². The summed E-state index contributed by atoms with van der Waals surface area (Å²) in [5, 5.41) is 11.9. The summed E-state index contributed by atoms with van der Waals surface area (Å²) in [6, 6.07) is 12.4. The standard InChI is InChI=1S/C29H33F3N6O3S/c1-18-7-3-4-8-21(18)33-13-14-34-22-11-10-20(27(40)35-12-6-16-38-15-5-9-24(38)39)17-23(22)37-28(41)25-26(29(30,31)32)36-19(2)42-25/h3-4,7-8,10-11,17,33-34H,5-6,9,12-16H2,1-2H3,(H,35,40)(H,37,41). The molecule has 1 aromatic heterocycles.